The Morgan fingerprint density at radius 1 is 1.50 bits per heavy atom. The standard InChI is InChI=1S/C13H19N5O2/c19-9-14-7-10-2-1-3-11(6-10)8-15-13(20)17-12-4-5-16-18-12/h4-5,10-11H,1-3,6-8H2,(H3,15,16,17,18,20). The van der Waals surface area contributed by atoms with Crippen molar-refractivity contribution >= 4 is 17.9 Å². The molecule has 1 heterocycles. The van der Waals surface area contributed by atoms with Crippen molar-refractivity contribution in [2.24, 2.45) is 16.8 Å². The van der Waals surface area contributed by atoms with E-state index in [2.05, 4.69) is 25.8 Å². The number of aromatic amines is 1. The number of isocyanates is 1. The molecular weight excluding hydrogens is 258 g/mol. The van der Waals surface area contributed by atoms with E-state index in [0.717, 1.165) is 25.7 Å². The Kier molecular flexibility index (Phi) is 5.32. The second-order valence-corrected chi connectivity index (χ2v) is 5.14. The van der Waals surface area contributed by atoms with E-state index in [1.807, 2.05) is 0 Å². The van der Waals surface area contributed by atoms with Crippen LogP contribution in [0.4, 0.5) is 10.6 Å². The number of nitrogens with one attached hydrogen (secondary N) is 3. The predicted molar refractivity (Wildman–Crippen MR) is 74.0 cm³/mol. The van der Waals surface area contributed by atoms with Gasteiger partial charge in [0.25, 0.3) is 0 Å². The second kappa shape index (κ2) is 7.45. The Balaban J connectivity index is 1.70. The summed E-state index contributed by atoms with van der Waals surface area (Å²) in [5.41, 5.74) is 0. The minimum absolute atomic E-state index is 0.234. The first-order valence-electron chi connectivity index (χ1n) is 6.85. The number of anilines is 1. The molecule has 2 unspecified atom stereocenters. The molecule has 1 aliphatic carbocycles. The van der Waals surface area contributed by atoms with Gasteiger partial charge in [-0.15, -0.1) is 0 Å². The van der Waals surface area contributed by atoms with Crippen LogP contribution in [0.1, 0.15) is 25.7 Å². The number of hydrogen-bond donors (Lipinski definition) is 3. The summed E-state index contributed by atoms with van der Waals surface area (Å²) in [4.78, 5) is 25.5. The Labute approximate surface area is 117 Å². The van der Waals surface area contributed by atoms with Gasteiger partial charge in [0, 0.05) is 12.6 Å². The van der Waals surface area contributed by atoms with Crippen LogP contribution in [0.2, 0.25) is 0 Å². The van der Waals surface area contributed by atoms with Gasteiger partial charge in [0.15, 0.2) is 0 Å². The maximum Gasteiger partial charge on any atom is 0.320 e. The zero-order valence-electron chi connectivity index (χ0n) is 11.3. The lowest BCUT2D eigenvalue weighted by Gasteiger charge is -2.27. The minimum Gasteiger partial charge on any atom is -0.338 e. The molecule has 20 heavy (non-hydrogen) atoms. The van der Waals surface area contributed by atoms with Crippen molar-refractivity contribution < 1.29 is 9.59 Å². The molecule has 1 aliphatic rings. The summed E-state index contributed by atoms with van der Waals surface area (Å²) in [6.45, 7) is 1.20. The molecule has 7 nitrogen and oxygen atoms in total. The van der Waals surface area contributed by atoms with E-state index in [1.165, 1.54) is 0 Å². The lowest BCUT2D eigenvalue weighted by atomic mass is 9.81. The molecule has 2 amide bonds. The fourth-order valence-corrected chi connectivity index (χ4v) is 2.65. The van der Waals surface area contributed by atoms with Crippen molar-refractivity contribution in [1.29, 1.82) is 0 Å². The molecule has 3 N–H and O–H groups in total. The molecule has 0 aromatic carbocycles. The quantitative estimate of drug-likeness (QED) is 0.564. The SMILES string of the molecule is O=C=NCC1CCCC(CNC(=O)Nc2ccn[nH]2)C1. The number of hydrogen-bond acceptors (Lipinski definition) is 4. The van der Waals surface area contributed by atoms with Gasteiger partial charge in [0.05, 0.1) is 12.7 Å². The van der Waals surface area contributed by atoms with Gasteiger partial charge < -0.3 is 5.32 Å². The van der Waals surface area contributed by atoms with Crippen molar-refractivity contribution in [2.45, 2.75) is 25.7 Å². The molecule has 0 bridgehead atoms. The number of H-pyrrole nitrogens is 1. The summed E-state index contributed by atoms with van der Waals surface area (Å²) in [5.74, 6) is 1.46. The summed E-state index contributed by atoms with van der Waals surface area (Å²) in [7, 11) is 0. The van der Waals surface area contributed by atoms with E-state index >= 15 is 0 Å². The lowest BCUT2D eigenvalue weighted by molar-refractivity contribution is 0.239. The van der Waals surface area contributed by atoms with E-state index in [0.29, 0.717) is 30.7 Å². The number of rotatable bonds is 5. The Morgan fingerprint density at radius 2 is 2.35 bits per heavy atom. The molecule has 1 aromatic heterocycles. The predicted octanol–water partition coefficient (Wildman–Crippen LogP) is 1.67. The summed E-state index contributed by atoms with van der Waals surface area (Å²) in [6, 6.07) is 1.45. The fourth-order valence-electron chi connectivity index (χ4n) is 2.65. The van der Waals surface area contributed by atoms with E-state index < -0.39 is 0 Å². The Hall–Kier alpha value is -2.14. The molecule has 1 saturated carbocycles. The molecule has 1 fully saturated rings. The molecule has 0 spiro atoms. The normalized spacial score (nSPS) is 21.8. The molecule has 0 aliphatic heterocycles. The number of carbonyl (C=O) groups excluding carboxylic acids is 2. The summed E-state index contributed by atoms with van der Waals surface area (Å²) in [5, 5.41) is 12.0. The molecule has 7 heteroatoms. The molecule has 2 rings (SSSR count). The van der Waals surface area contributed by atoms with Crippen molar-refractivity contribution in [1.82, 2.24) is 15.5 Å². The van der Waals surface area contributed by atoms with Crippen LogP contribution in [0.3, 0.4) is 0 Å². The summed E-state index contributed by atoms with van der Waals surface area (Å²) in [6.07, 6.45) is 7.49. The third kappa shape index (κ3) is 4.51. The summed E-state index contributed by atoms with van der Waals surface area (Å²) < 4.78 is 0. The van der Waals surface area contributed by atoms with E-state index in [1.54, 1.807) is 18.3 Å². The lowest BCUT2D eigenvalue weighted by Crippen LogP contribution is -2.35. The van der Waals surface area contributed by atoms with Crippen molar-refractivity contribution in [3.8, 4) is 0 Å². The van der Waals surface area contributed by atoms with Gasteiger partial charge in [-0.05, 0) is 31.1 Å². The molecule has 108 valence electrons. The number of aromatic nitrogens is 2. The van der Waals surface area contributed by atoms with E-state index in [-0.39, 0.29) is 6.03 Å². The number of aliphatic imine (C=N–C) groups is 1. The minimum atomic E-state index is -0.234. The zero-order valence-corrected chi connectivity index (χ0v) is 11.3. The second-order valence-electron chi connectivity index (χ2n) is 5.14. The maximum absolute atomic E-state index is 11.7. The first-order valence-corrected chi connectivity index (χ1v) is 6.85. The Morgan fingerprint density at radius 3 is 3.10 bits per heavy atom. The Bertz CT molecular complexity index is 467. The summed E-state index contributed by atoms with van der Waals surface area (Å²) >= 11 is 0. The third-order valence-electron chi connectivity index (χ3n) is 3.61. The highest BCUT2D eigenvalue weighted by molar-refractivity contribution is 5.88. The van der Waals surface area contributed by atoms with Crippen LogP contribution in [0.5, 0.6) is 0 Å². The monoisotopic (exact) mass is 277 g/mol. The highest BCUT2D eigenvalue weighted by Gasteiger charge is 2.22. The number of carbonyl (C=O) groups is 1. The van der Waals surface area contributed by atoms with Crippen LogP contribution in [0, 0.1) is 11.8 Å². The van der Waals surface area contributed by atoms with Crippen LogP contribution >= 0.6 is 0 Å². The van der Waals surface area contributed by atoms with Crippen molar-refractivity contribution in [2.75, 3.05) is 18.4 Å². The van der Waals surface area contributed by atoms with Gasteiger partial charge in [-0.3, -0.25) is 10.4 Å². The van der Waals surface area contributed by atoms with Crippen LogP contribution in [0.15, 0.2) is 17.3 Å². The average Bonchev–Trinajstić information content (AvgIpc) is 2.96. The first kappa shape index (κ1) is 14.3. The van der Waals surface area contributed by atoms with Crippen LogP contribution in [-0.4, -0.2) is 35.4 Å². The highest BCUT2D eigenvalue weighted by Crippen LogP contribution is 2.28. The average molecular weight is 277 g/mol. The first-order chi connectivity index (χ1) is 9.78. The van der Waals surface area contributed by atoms with Crippen LogP contribution in [0.25, 0.3) is 0 Å². The number of urea groups is 1. The van der Waals surface area contributed by atoms with Crippen molar-refractivity contribution in [3.05, 3.63) is 12.3 Å². The topological polar surface area (TPSA) is 99.2 Å². The van der Waals surface area contributed by atoms with Gasteiger partial charge in [-0.2, -0.15) is 5.10 Å². The van der Waals surface area contributed by atoms with E-state index in [4.69, 9.17) is 0 Å². The number of nitrogens with zero attached hydrogens (tertiary/aromatic N) is 2. The van der Waals surface area contributed by atoms with Gasteiger partial charge >= 0.3 is 6.03 Å². The molecule has 0 saturated heterocycles. The molecular formula is C13H19N5O2. The molecule has 0 radical (unpaired) electrons. The van der Waals surface area contributed by atoms with Gasteiger partial charge in [0.1, 0.15) is 5.82 Å². The van der Waals surface area contributed by atoms with Crippen molar-refractivity contribution in [3.63, 3.8) is 0 Å². The number of amides is 2. The fraction of sp³-hybridized carbons (Fsp3) is 0.615. The van der Waals surface area contributed by atoms with E-state index in [9.17, 15) is 9.59 Å². The van der Waals surface area contributed by atoms with Crippen LogP contribution in [-0.2, 0) is 4.79 Å². The maximum atomic E-state index is 11.7. The molecule has 2 atom stereocenters. The van der Waals surface area contributed by atoms with Crippen LogP contribution < -0.4 is 10.6 Å². The van der Waals surface area contributed by atoms with Gasteiger partial charge in [-0.25, -0.2) is 14.6 Å². The largest absolute Gasteiger partial charge is 0.338 e. The zero-order chi connectivity index (χ0) is 14.2. The highest BCUT2D eigenvalue weighted by atomic mass is 16.2. The van der Waals surface area contributed by atoms with Gasteiger partial charge in [0.2, 0.25) is 6.08 Å². The van der Waals surface area contributed by atoms with Gasteiger partial charge in [-0.1, -0.05) is 6.42 Å². The smallest absolute Gasteiger partial charge is 0.320 e. The molecule has 1 aromatic rings. The third-order valence-corrected chi connectivity index (χ3v) is 3.61.